The average Bonchev–Trinajstić information content (AvgIpc) is 2.85. The van der Waals surface area contributed by atoms with Crippen LogP contribution < -0.4 is 20.1 Å². The highest BCUT2D eigenvalue weighted by molar-refractivity contribution is 6.00. The predicted octanol–water partition coefficient (Wildman–Crippen LogP) is 5.94. The Hall–Kier alpha value is -4.82. The number of fused-ring (bicyclic) bond motifs is 1. The Labute approximate surface area is 202 Å². The van der Waals surface area contributed by atoms with E-state index in [1.54, 1.807) is 12.1 Å². The smallest absolute Gasteiger partial charge is 0.323 e. The van der Waals surface area contributed by atoms with E-state index < -0.39 is 23.5 Å². The lowest BCUT2D eigenvalue weighted by atomic mass is 10.1. The van der Waals surface area contributed by atoms with Gasteiger partial charge in [-0.25, -0.2) is 18.0 Å². The Morgan fingerprint density at radius 1 is 0.972 bits per heavy atom. The Balaban J connectivity index is 1.52. The second kappa shape index (κ2) is 10.6. The molecule has 8 nitrogen and oxygen atoms in total. The quantitative estimate of drug-likeness (QED) is 0.308. The molecule has 0 fully saturated rings. The number of rotatable bonds is 7. The number of hydrogen-bond donors (Lipinski definition) is 2. The monoisotopic (exact) mass is 494 g/mol. The second-order valence-corrected chi connectivity index (χ2v) is 7.28. The molecule has 1 heterocycles. The average molecular weight is 494 g/mol. The molecule has 3 aromatic carbocycles. The molecule has 0 bridgehead atoms. The number of pyridine rings is 1. The number of carbonyl (C=O) groups excluding carboxylic acids is 1. The SMILES string of the molecule is COCOc1cc2nccc(Oc3ccc(NC(=O)Nc4ccc(F)cc4F)c(F)c3)c2cc1C#N. The molecule has 0 atom stereocenters. The molecular weight excluding hydrogens is 477 g/mol. The first-order valence-electron chi connectivity index (χ1n) is 10.3. The van der Waals surface area contributed by atoms with Crippen LogP contribution in [0.15, 0.2) is 60.8 Å². The van der Waals surface area contributed by atoms with Crippen molar-refractivity contribution in [3.05, 3.63) is 83.8 Å². The van der Waals surface area contributed by atoms with Gasteiger partial charge in [0.15, 0.2) is 6.79 Å². The number of urea groups is 1. The summed E-state index contributed by atoms with van der Waals surface area (Å²) in [6.07, 6.45) is 1.48. The highest BCUT2D eigenvalue weighted by Gasteiger charge is 2.14. The largest absolute Gasteiger partial charge is 0.466 e. The van der Waals surface area contributed by atoms with Crippen molar-refractivity contribution in [3.8, 4) is 23.3 Å². The van der Waals surface area contributed by atoms with Crippen molar-refractivity contribution in [2.24, 2.45) is 0 Å². The maximum atomic E-state index is 14.7. The standard InChI is InChI=1S/C25H17F3N4O4/c1-34-13-35-24-11-22-17(8-14(24)12-29)23(6-7-30-22)36-16-3-5-21(19(28)10-16)32-25(33)31-20-4-2-15(26)9-18(20)27/h2-11H,13H2,1H3,(H2,31,32,33). The summed E-state index contributed by atoms with van der Waals surface area (Å²) in [5, 5.41) is 14.4. The van der Waals surface area contributed by atoms with Crippen LogP contribution in [-0.4, -0.2) is 24.9 Å². The van der Waals surface area contributed by atoms with E-state index in [2.05, 4.69) is 15.6 Å². The number of nitrogens with zero attached hydrogens (tertiary/aromatic N) is 2. The van der Waals surface area contributed by atoms with Crippen molar-refractivity contribution in [1.29, 1.82) is 5.26 Å². The van der Waals surface area contributed by atoms with Crippen molar-refractivity contribution in [3.63, 3.8) is 0 Å². The number of nitrogens with one attached hydrogen (secondary N) is 2. The minimum atomic E-state index is -0.976. The van der Waals surface area contributed by atoms with Gasteiger partial charge in [-0.15, -0.1) is 0 Å². The first-order chi connectivity index (χ1) is 17.4. The molecule has 0 saturated carbocycles. The zero-order valence-corrected chi connectivity index (χ0v) is 18.6. The van der Waals surface area contributed by atoms with Gasteiger partial charge in [0, 0.05) is 36.9 Å². The molecule has 36 heavy (non-hydrogen) atoms. The third-order valence-corrected chi connectivity index (χ3v) is 4.85. The number of ether oxygens (including phenoxy) is 3. The third kappa shape index (κ3) is 5.45. The lowest BCUT2D eigenvalue weighted by Crippen LogP contribution is -2.20. The lowest BCUT2D eigenvalue weighted by Gasteiger charge is -2.13. The molecule has 0 saturated heterocycles. The van der Waals surface area contributed by atoms with Crippen LogP contribution in [0, 0.1) is 28.8 Å². The number of benzene rings is 3. The van der Waals surface area contributed by atoms with E-state index in [0.29, 0.717) is 22.7 Å². The van der Waals surface area contributed by atoms with E-state index in [-0.39, 0.29) is 35.2 Å². The van der Waals surface area contributed by atoms with E-state index in [1.165, 1.54) is 31.5 Å². The van der Waals surface area contributed by atoms with Crippen LogP contribution in [0.3, 0.4) is 0 Å². The molecule has 0 spiro atoms. The Morgan fingerprint density at radius 3 is 2.36 bits per heavy atom. The Kier molecular flexibility index (Phi) is 7.17. The first-order valence-corrected chi connectivity index (χ1v) is 10.3. The molecular formula is C25H17F3N4O4. The molecule has 0 aliphatic heterocycles. The molecule has 0 aliphatic carbocycles. The summed E-state index contributed by atoms with van der Waals surface area (Å²) >= 11 is 0. The van der Waals surface area contributed by atoms with Gasteiger partial charge in [-0.1, -0.05) is 0 Å². The number of amides is 2. The normalized spacial score (nSPS) is 10.5. The van der Waals surface area contributed by atoms with Gasteiger partial charge in [-0.05, 0) is 36.4 Å². The summed E-state index contributed by atoms with van der Waals surface area (Å²) in [5.74, 6) is -1.90. The maximum Gasteiger partial charge on any atom is 0.323 e. The summed E-state index contributed by atoms with van der Waals surface area (Å²) in [4.78, 5) is 16.4. The summed E-state index contributed by atoms with van der Waals surface area (Å²) in [6, 6.07) is 12.1. The number of carbonyl (C=O) groups is 1. The molecule has 4 rings (SSSR count). The van der Waals surface area contributed by atoms with Gasteiger partial charge in [0.2, 0.25) is 0 Å². The van der Waals surface area contributed by atoms with E-state index in [4.69, 9.17) is 14.2 Å². The molecule has 2 amide bonds. The van der Waals surface area contributed by atoms with Gasteiger partial charge in [0.1, 0.15) is 40.8 Å². The number of hydrogen-bond acceptors (Lipinski definition) is 6. The highest BCUT2D eigenvalue weighted by atomic mass is 19.1. The van der Waals surface area contributed by atoms with E-state index >= 15 is 0 Å². The summed E-state index contributed by atoms with van der Waals surface area (Å²) in [5.41, 5.74) is 0.229. The van der Waals surface area contributed by atoms with Crippen LogP contribution in [0.5, 0.6) is 17.2 Å². The molecule has 1 aromatic heterocycles. The van der Waals surface area contributed by atoms with Gasteiger partial charge in [0.05, 0.1) is 22.5 Å². The van der Waals surface area contributed by atoms with Crippen molar-refractivity contribution in [2.45, 2.75) is 0 Å². The van der Waals surface area contributed by atoms with Gasteiger partial charge in [0.25, 0.3) is 0 Å². The van der Waals surface area contributed by atoms with Gasteiger partial charge >= 0.3 is 6.03 Å². The predicted molar refractivity (Wildman–Crippen MR) is 124 cm³/mol. The Morgan fingerprint density at radius 2 is 1.69 bits per heavy atom. The third-order valence-electron chi connectivity index (χ3n) is 4.85. The Bertz CT molecular complexity index is 1490. The topological polar surface area (TPSA) is 106 Å². The van der Waals surface area contributed by atoms with E-state index in [1.807, 2.05) is 6.07 Å². The second-order valence-electron chi connectivity index (χ2n) is 7.28. The minimum Gasteiger partial charge on any atom is -0.466 e. The van der Waals surface area contributed by atoms with Crippen LogP contribution in [0.1, 0.15) is 5.56 Å². The number of anilines is 2. The van der Waals surface area contributed by atoms with Crippen LogP contribution >= 0.6 is 0 Å². The molecule has 0 radical (unpaired) electrons. The number of methoxy groups -OCH3 is 1. The minimum absolute atomic E-state index is 0.0487. The van der Waals surface area contributed by atoms with Crippen LogP contribution in [0.2, 0.25) is 0 Å². The molecule has 11 heteroatoms. The fraction of sp³-hybridized carbons (Fsp3) is 0.0800. The van der Waals surface area contributed by atoms with Crippen molar-refractivity contribution >= 4 is 28.3 Å². The summed E-state index contributed by atoms with van der Waals surface area (Å²) in [6.45, 7) is -0.0487. The zero-order valence-electron chi connectivity index (χ0n) is 18.6. The lowest BCUT2D eigenvalue weighted by molar-refractivity contribution is 0.0510. The molecule has 182 valence electrons. The molecule has 0 unspecified atom stereocenters. The van der Waals surface area contributed by atoms with Crippen LogP contribution in [-0.2, 0) is 4.74 Å². The van der Waals surface area contributed by atoms with Crippen molar-refractivity contribution < 1.29 is 32.2 Å². The number of aromatic nitrogens is 1. The van der Waals surface area contributed by atoms with Gasteiger partial charge in [-0.3, -0.25) is 4.98 Å². The maximum absolute atomic E-state index is 14.7. The zero-order chi connectivity index (χ0) is 25.7. The fourth-order valence-corrected chi connectivity index (χ4v) is 3.22. The number of halogens is 3. The summed E-state index contributed by atoms with van der Waals surface area (Å²) in [7, 11) is 1.45. The van der Waals surface area contributed by atoms with E-state index in [0.717, 1.165) is 18.2 Å². The van der Waals surface area contributed by atoms with Crippen LogP contribution in [0.4, 0.5) is 29.3 Å². The van der Waals surface area contributed by atoms with Crippen molar-refractivity contribution in [1.82, 2.24) is 4.98 Å². The number of nitriles is 1. The van der Waals surface area contributed by atoms with Gasteiger partial charge in [-0.2, -0.15) is 5.26 Å². The molecule has 4 aromatic rings. The van der Waals surface area contributed by atoms with E-state index in [9.17, 15) is 23.2 Å². The van der Waals surface area contributed by atoms with Gasteiger partial charge < -0.3 is 24.8 Å². The van der Waals surface area contributed by atoms with Crippen LogP contribution in [0.25, 0.3) is 10.9 Å². The fourth-order valence-electron chi connectivity index (χ4n) is 3.22. The molecule has 2 N–H and O–H groups in total. The summed E-state index contributed by atoms with van der Waals surface area (Å²) < 4.78 is 57.5. The highest BCUT2D eigenvalue weighted by Crippen LogP contribution is 2.34. The van der Waals surface area contributed by atoms with Crippen molar-refractivity contribution in [2.75, 3.05) is 24.5 Å². The molecule has 0 aliphatic rings. The first kappa shape index (κ1) is 24.3.